The fourth-order valence-corrected chi connectivity index (χ4v) is 3.09. The number of hydrogen-bond acceptors (Lipinski definition) is 5. The normalized spacial score (nSPS) is 12.2. The number of nitrogens with one attached hydrogen (secondary N) is 1. The molecule has 0 saturated carbocycles. The van der Waals surface area contributed by atoms with Crippen molar-refractivity contribution in [3.05, 3.63) is 59.4 Å². The predicted molar refractivity (Wildman–Crippen MR) is 106 cm³/mol. The third kappa shape index (κ3) is 4.36. The van der Waals surface area contributed by atoms with E-state index in [9.17, 15) is 9.59 Å². The molecule has 146 valence electrons. The highest BCUT2D eigenvalue weighted by molar-refractivity contribution is 5.97. The van der Waals surface area contributed by atoms with Gasteiger partial charge in [0.05, 0.1) is 29.8 Å². The van der Waals surface area contributed by atoms with Crippen molar-refractivity contribution in [2.75, 3.05) is 0 Å². The summed E-state index contributed by atoms with van der Waals surface area (Å²) in [5.74, 6) is -0.662. The number of rotatable bonds is 6. The molecule has 0 saturated heterocycles. The molecular weight excluding hydrogens is 356 g/mol. The molecule has 7 heteroatoms. The van der Waals surface area contributed by atoms with Crippen LogP contribution in [0.25, 0.3) is 11.0 Å². The molecule has 3 aromatic rings. The molecule has 2 aromatic heterocycles. The van der Waals surface area contributed by atoms with Gasteiger partial charge in [0.2, 0.25) is 0 Å². The number of carbonyl (C=O) groups excluding carboxylic acids is 2. The summed E-state index contributed by atoms with van der Waals surface area (Å²) >= 11 is 0. The van der Waals surface area contributed by atoms with Gasteiger partial charge in [-0.1, -0.05) is 30.3 Å². The van der Waals surface area contributed by atoms with Gasteiger partial charge in [-0.2, -0.15) is 5.10 Å². The Balaban J connectivity index is 1.84. The summed E-state index contributed by atoms with van der Waals surface area (Å²) in [5, 5.41) is 8.09. The van der Waals surface area contributed by atoms with Crippen LogP contribution in [-0.4, -0.2) is 32.7 Å². The SMILES string of the molecule is Cc1nn(C)c2ncc(C(=O)NC(CC(=O)OC(C)C)c3ccccc3)cc12. The highest BCUT2D eigenvalue weighted by Gasteiger charge is 2.21. The summed E-state index contributed by atoms with van der Waals surface area (Å²) in [6, 6.07) is 10.7. The van der Waals surface area contributed by atoms with Crippen LogP contribution in [0.3, 0.4) is 0 Å². The van der Waals surface area contributed by atoms with Gasteiger partial charge in [-0.15, -0.1) is 0 Å². The molecule has 0 spiro atoms. The zero-order valence-corrected chi connectivity index (χ0v) is 16.5. The van der Waals surface area contributed by atoms with Crippen LogP contribution in [0.2, 0.25) is 0 Å². The maximum atomic E-state index is 12.9. The Morgan fingerprint density at radius 3 is 2.61 bits per heavy atom. The Kier molecular flexibility index (Phi) is 5.73. The molecule has 0 aliphatic carbocycles. The monoisotopic (exact) mass is 380 g/mol. The van der Waals surface area contributed by atoms with Gasteiger partial charge in [-0.3, -0.25) is 14.3 Å². The quantitative estimate of drug-likeness (QED) is 0.664. The number of benzene rings is 1. The minimum Gasteiger partial charge on any atom is -0.463 e. The molecule has 3 rings (SSSR count). The van der Waals surface area contributed by atoms with E-state index < -0.39 is 6.04 Å². The van der Waals surface area contributed by atoms with Crippen molar-refractivity contribution in [1.29, 1.82) is 0 Å². The summed E-state index contributed by atoms with van der Waals surface area (Å²) < 4.78 is 6.93. The molecule has 7 nitrogen and oxygen atoms in total. The second kappa shape index (κ2) is 8.21. The number of aromatic nitrogens is 3. The lowest BCUT2D eigenvalue weighted by atomic mass is 10.0. The molecule has 28 heavy (non-hydrogen) atoms. The Labute approximate surface area is 163 Å². The minimum atomic E-state index is -0.495. The second-order valence-corrected chi connectivity index (χ2v) is 6.98. The van der Waals surface area contributed by atoms with Crippen molar-refractivity contribution in [3.8, 4) is 0 Å². The van der Waals surface area contributed by atoms with Crippen LogP contribution in [0.1, 0.15) is 47.9 Å². The van der Waals surface area contributed by atoms with Crippen LogP contribution in [-0.2, 0) is 16.6 Å². The summed E-state index contributed by atoms with van der Waals surface area (Å²) in [6.07, 6.45) is 1.36. The Bertz CT molecular complexity index is 996. The van der Waals surface area contributed by atoms with Crippen LogP contribution >= 0.6 is 0 Å². The molecule has 0 fully saturated rings. The summed E-state index contributed by atoms with van der Waals surface area (Å²) in [6.45, 7) is 5.47. The fourth-order valence-electron chi connectivity index (χ4n) is 3.09. The zero-order valence-electron chi connectivity index (χ0n) is 16.5. The Morgan fingerprint density at radius 2 is 1.93 bits per heavy atom. The van der Waals surface area contributed by atoms with Crippen LogP contribution < -0.4 is 5.32 Å². The van der Waals surface area contributed by atoms with Gasteiger partial charge in [-0.25, -0.2) is 4.98 Å². The highest BCUT2D eigenvalue weighted by Crippen LogP contribution is 2.20. The largest absolute Gasteiger partial charge is 0.463 e. The number of carbonyl (C=O) groups is 2. The molecule has 1 aromatic carbocycles. The van der Waals surface area contributed by atoms with E-state index in [1.807, 2.05) is 44.3 Å². The lowest BCUT2D eigenvalue weighted by Gasteiger charge is -2.19. The van der Waals surface area contributed by atoms with Crippen LogP contribution in [0.4, 0.5) is 0 Å². The molecule has 1 N–H and O–H groups in total. The first-order valence-electron chi connectivity index (χ1n) is 9.19. The average Bonchev–Trinajstić information content (AvgIpc) is 2.94. The first-order chi connectivity index (χ1) is 13.3. The molecule has 0 aliphatic heterocycles. The molecule has 1 unspecified atom stereocenters. The van der Waals surface area contributed by atoms with Gasteiger partial charge >= 0.3 is 5.97 Å². The highest BCUT2D eigenvalue weighted by atomic mass is 16.5. The standard InChI is InChI=1S/C21H24N4O3/c1-13(2)28-19(26)11-18(15-8-6-5-7-9-15)23-21(27)16-10-17-14(3)24-25(4)20(17)22-12-16/h5-10,12-13,18H,11H2,1-4H3,(H,23,27). The Morgan fingerprint density at radius 1 is 1.21 bits per heavy atom. The second-order valence-electron chi connectivity index (χ2n) is 6.98. The number of fused-ring (bicyclic) bond motifs is 1. The van der Waals surface area contributed by atoms with E-state index in [-0.39, 0.29) is 24.4 Å². The molecular formula is C21H24N4O3. The molecule has 1 atom stereocenters. The first kappa shape index (κ1) is 19.5. The lowest BCUT2D eigenvalue weighted by molar-refractivity contribution is -0.147. The van der Waals surface area contributed by atoms with Crippen LogP contribution in [0.5, 0.6) is 0 Å². The lowest BCUT2D eigenvalue weighted by Crippen LogP contribution is -2.31. The summed E-state index contributed by atoms with van der Waals surface area (Å²) in [5.41, 5.74) is 2.78. The van der Waals surface area contributed by atoms with Crippen LogP contribution in [0.15, 0.2) is 42.6 Å². The average molecular weight is 380 g/mol. The van der Waals surface area contributed by atoms with Gasteiger partial charge in [-0.05, 0) is 32.4 Å². The molecule has 1 amide bonds. The van der Waals surface area contributed by atoms with Crippen LogP contribution in [0, 0.1) is 6.92 Å². The van der Waals surface area contributed by atoms with E-state index in [2.05, 4.69) is 15.4 Å². The van der Waals surface area contributed by atoms with Gasteiger partial charge in [0, 0.05) is 18.6 Å². The minimum absolute atomic E-state index is 0.0511. The predicted octanol–water partition coefficient (Wildman–Crippen LogP) is 3.09. The van der Waals surface area contributed by atoms with Crippen molar-refractivity contribution < 1.29 is 14.3 Å². The van der Waals surface area contributed by atoms with E-state index in [1.165, 1.54) is 6.20 Å². The number of esters is 1. The maximum absolute atomic E-state index is 12.9. The maximum Gasteiger partial charge on any atom is 0.308 e. The van der Waals surface area contributed by atoms with Crippen molar-refractivity contribution in [1.82, 2.24) is 20.1 Å². The van der Waals surface area contributed by atoms with E-state index in [0.717, 1.165) is 16.6 Å². The molecule has 0 bridgehead atoms. The van der Waals surface area contributed by atoms with Gasteiger partial charge in [0.15, 0.2) is 5.65 Å². The molecule has 0 aliphatic rings. The third-order valence-corrected chi connectivity index (χ3v) is 4.37. The molecule has 2 heterocycles. The van der Waals surface area contributed by atoms with E-state index in [0.29, 0.717) is 11.2 Å². The van der Waals surface area contributed by atoms with Crippen molar-refractivity contribution in [2.45, 2.75) is 39.3 Å². The number of pyridine rings is 1. The summed E-state index contributed by atoms with van der Waals surface area (Å²) in [7, 11) is 1.81. The van der Waals surface area contributed by atoms with E-state index in [4.69, 9.17) is 4.74 Å². The van der Waals surface area contributed by atoms with Crippen molar-refractivity contribution >= 4 is 22.9 Å². The first-order valence-corrected chi connectivity index (χ1v) is 9.19. The number of nitrogens with zero attached hydrogens (tertiary/aromatic N) is 3. The Hall–Kier alpha value is -3.22. The number of hydrogen-bond donors (Lipinski definition) is 1. The van der Waals surface area contributed by atoms with Gasteiger partial charge in [0.25, 0.3) is 5.91 Å². The topological polar surface area (TPSA) is 86.1 Å². The molecule has 0 radical (unpaired) electrons. The smallest absolute Gasteiger partial charge is 0.308 e. The number of amides is 1. The van der Waals surface area contributed by atoms with Crippen molar-refractivity contribution in [2.24, 2.45) is 7.05 Å². The summed E-state index contributed by atoms with van der Waals surface area (Å²) in [4.78, 5) is 29.4. The van der Waals surface area contributed by atoms with E-state index in [1.54, 1.807) is 24.6 Å². The number of ether oxygens (including phenoxy) is 1. The third-order valence-electron chi connectivity index (χ3n) is 4.37. The fraction of sp³-hybridized carbons (Fsp3) is 0.333. The van der Waals surface area contributed by atoms with E-state index >= 15 is 0 Å². The van der Waals surface area contributed by atoms with Crippen molar-refractivity contribution in [3.63, 3.8) is 0 Å². The zero-order chi connectivity index (χ0) is 20.3. The van der Waals surface area contributed by atoms with Gasteiger partial charge < -0.3 is 10.1 Å². The number of aryl methyl sites for hydroxylation is 2. The van der Waals surface area contributed by atoms with Gasteiger partial charge in [0.1, 0.15) is 0 Å².